The topological polar surface area (TPSA) is 126 Å². The van der Waals surface area contributed by atoms with Gasteiger partial charge in [-0.05, 0) is 75.6 Å². The van der Waals surface area contributed by atoms with E-state index >= 15 is 0 Å². The second-order valence-corrected chi connectivity index (χ2v) is 11.7. The summed E-state index contributed by atoms with van der Waals surface area (Å²) in [6.45, 7) is 1.32. The van der Waals surface area contributed by atoms with Crippen LogP contribution >= 0.6 is 36.4 Å². The van der Waals surface area contributed by atoms with E-state index in [2.05, 4.69) is 20.5 Å². The molecule has 2 amide bonds. The molecule has 13 heteroatoms. The van der Waals surface area contributed by atoms with Gasteiger partial charge in [-0.2, -0.15) is 9.97 Å². The van der Waals surface area contributed by atoms with Crippen molar-refractivity contribution in [3.05, 3.63) is 35.6 Å². The standard InChI is InChI=1S/C28H38ClN9O.2ClH/c29-18-5-9-21(10-6-18)34-28(39)37-15-13-22(14-16-37)32-25-24-26(38(17-31-24)23-3-1-2-4-23)36-27(35-25)33-20-11-7-19(30)8-12-20;;/h5-6,9-10,17,19-20,22-23H,1-4,7-8,11-16,30H2,(H,34,39)(H2,32,33,35,36);2*1H. The van der Waals surface area contributed by atoms with Crippen LogP contribution in [0.3, 0.4) is 0 Å². The number of hydrogen-bond donors (Lipinski definition) is 4. The van der Waals surface area contributed by atoms with E-state index in [0.29, 0.717) is 42.2 Å². The third kappa shape index (κ3) is 7.46. The number of hydrogen-bond acceptors (Lipinski definition) is 7. The molecule has 0 atom stereocenters. The van der Waals surface area contributed by atoms with Gasteiger partial charge in [-0.15, -0.1) is 24.8 Å². The van der Waals surface area contributed by atoms with E-state index in [1.165, 1.54) is 12.8 Å². The molecular formula is C28H40Cl3N9O. The van der Waals surface area contributed by atoms with Crippen molar-refractivity contribution in [2.75, 3.05) is 29.0 Å². The van der Waals surface area contributed by atoms with Crippen LogP contribution in [-0.4, -0.2) is 61.7 Å². The van der Waals surface area contributed by atoms with E-state index in [4.69, 9.17) is 32.3 Å². The van der Waals surface area contributed by atoms with E-state index in [1.54, 1.807) is 12.1 Å². The molecule has 0 bridgehead atoms. The highest BCUT2D eigenvalue weighted by molar-refractivity contribution is 6.30. The highest BCUT2D eigenvalue weighted by Gasteiger charge is 2.27. The zero-order chi connectivity index (χ0) is 26.8. The minimum absolute atomic E-state index is 0. The molecule has 1 saturated heterocycles. The molecule has 10 nitrogen and oxygen atoms in total. The number of fused-ring (bicyclic) bond motifs is 1. The molecule has 0 spiro atoms. The maximum Gasteiger partial charge on any atom is 0.321 e. The Morgan fingerprint density at radius 2 is 1.54 bits per heavy atom. The molecule has 6 rings (SSSR count). The first-order valence-electron chi connectivity index (χ1n) is 14.4. The minimum atomic E-state index is -0.0887. The summed E-state index contributed by atoms with van der Waals surface area (Å²) >= 11 is 5.96. The van der Waals surface area contributed by atoms with Crippen LogP contribution in [0.2, 0.25) is 5.02 Å². The second-order valence-electron chi connectivity index (χ2n) is 11.3. The van der Waals surface area contributed by atoms with E-state index in [0.717, 1.165) is 74.0 Å². The Morgan fingerprint density at radius 1 is 0.878 bits per heavy atom. The Bertz CT molecular complexity index is 1280. The minimum Gasteiger partial charge on any atom is -0.365 e. The van der Waals surface area contributed by atoms with Crippen molar-refractivity contribution in [2.45, 2.75) is 88.4 Å². The van der Waals surface area contributed by atoms with Gasteiger partial charge in [0.25, 0.3) is 0 Å². The van der Waals surface area contributed by atoms with Crippen molar-refractivity contribution in [1.29, 1.82) is 0 Å². The van der Waals surface area contributed by atoms with Crippen molar-refractivity contribution in [1.82, 2.24) is 24.4 Å². The lowest BCUT2D eigenvalue weighted by atomic mass is 9.92. The highest BCUT2D eigenvalue weighted by Crippen LogP contribution is 2.34. The van der Waals surface area contributed by atoms with Crippen LogP contribution in [-0.2, 0) is 0 Å². The summed E-state index contributed by atoms with van der Waals surface area (Å²) in [4.78, 5) is 29.3. The summed E-state index contributed by atoms with van der Waals surface area (Å²) < 4.78 is 2.25. The molecule has 3 heterocycles. The van der Waals surface area contributed by atoms with Gasteiger partial charge >= 0.3 is 6.03 Å². The molecule has 2 aromatic heterocycles. The number of rotatable bonds is 6. The average molecular weight is 625 g/mol. The third-order valence-electron chi connectivity index (χ3n) is 8.46. The normalized spacial score (nSPS) is 21.7. The molecule has 3 aromatic rings. The van der Waals surface area contributed by atoms with Gasteiger partial charge in [-0.1, -0.05) is 24.4 Å². The smallest absolute Gasteiger partial charge is 0.321 e. The first-order valence-corrected chi connectivity index (χ1v) is 14.7. The van der Waals surface area contributed by atoms with Crippen molar-refractivity contribution < 1.29 is 4.79 Å². The molecule has 3 aliphatic rings. The quantitative estimate of drug-likeness (QED) is 0.256. The summed E-state index contributed by atoms with van der Waals surface area (Å²) in [6, 6.07) is 8.35. The second kappa shape index (κ2) is 14.1. The number of imidazole rings is 1. The molecule has 1 aromatic carbocycles. The molecule has 1 aliphatic heterocycles. The van der Waals surface area contributed by atoms with E-state index in [9.17, 15) is 4.79 Å². The van der Waals surface area contributed by atoms with Gasteiger partial charge in [0.05, 0.1) is 6.33 Å². The van der Waals surface area contributed by atoms with Crippen molar-refractivity contribution in [3.8, 4) is 0 Å². The Balaban J connectivity index is 0.00000194. The van der Waals surface area contributed by atoms with Gasteiger partial charge in [0, 0.05) is 48.0 Å². The number of nitrogens with zero attached hydrogens (tertiary/aromatic N) is 5. The summed E-state index contributed by atoms with van der Waals surface area (Å²) in [5.41, 5.74) is 8.59. The number of halogens is 3. The Hall–Kier alpha value is -2.53. The fourth-order valence-corrected chi connectivity index (χ4v) is 6.26. The number of likely N-dealkylation sites (tertiary alicyclic amines) is 1. The number of urea groups is 1. The summed E-state index contributed by atoms with van der Waals surface area (Å²) in [6.07, 6.45) is 12.5. The predicted molar refractivity (Wildman–Crippen MR) is 170 cm³/mol. The molecule has 0 radical (unpaired) electrons. The molecule has 3 fully saturated rings. The molecule has 2 saturated carbocycles. The Kier molecular flexibility index (Phi) is 10.8. The maximum atomic E-state index is 12.8. The number of carbonyl (C=O) groups excluding carboxylic acids is 1. The van der Waals surface area contributed by atoms with Crippen LogP contribution in [0.15, 0.2) is 30.6 Å². The van der Waals surface area contributed by atoms with Crippen LogP contribution in [0.4, 0.5) is 22.2 Å². The summed E-state index contributed by atoms with van der Waals surface area (Å²) in [7, 11) is 0. The predicted octanol–water partition coefficient (Wildman–Crippen LogP) is 6.23. The number of aromatic nitrogens is 4. The maximum absolute atomic E-state index is 12.8. The number of nitrogens with one attached hydrogen (secondary N) is 3. The fourth-order valence-electron chi connectivity index (χ4n) is 6.13. The van der Waals surface area contributed by atoms with Gasteiger partial charge < -0.3 is 31.2 Å². The Labute approximate surface area is 258 Å². The van der Waals surface area contributed by atoms with Crippen LogP contribution in [0.5, 0.6) is 0 Å². The third-order valence-corrected chi connectivity index (χ3v) is 8.72. The first-order chi connectivity index (χ1) is 19.0. The van der Waals surface area contributed by atoms with E-state index < -0.39 is 0 Å². The SMILES string of the molecule is Cl.Cl.NC1CCC(Nc2nc(NC3CCN(C(=O)Nc4ccc(Cl)cc4)CC3)c3ncn(C4CCCC4)c3n2)CC1. The van der Waals surface area contributed by atoms with E-state index in [1.807, 2.05) is 23.4 Å². The molecule has 5 N–H and O–H groups in total. The van der Waals surface area contributed by atoms with Crippen LogP contribution in [0.1, 0.15) is 70.3 Å². The number of benzene rings is 1. The zero-order valence-corrected chi connectivity index (χ0v) is 25.5. The van der Waals surface area contributed by atoms with E-state index in [-0.39, 0.29) is 36.9 Å². The Morgan fingerprint density at radius 3 is 2.22 bits per heavy atom. The fraction of sp³-hybridized carbons (Fsp3) is 0.571. The number of anilines is 3. The lowest BCUT2D eigenvalue weighted by Crippen LogP contribution is -2.44. The summed E-state index contributed by atoms with van der Waals surface area (Å²) in [5, 5.41) is 10.9. The lowest BCUT2D eigenvalue weighted by Gasteiger charge is -2.32. The number of nitrogens with two attached hydrogens (primary N) is 1. The molecule has 41 heavy (non-hydrogen) atoms. The number of carbonyl (C=O) groups is 1. The van der Waals surface area contributed by atoms with Gasteiger partial charge in [0.1, 0.15) is 0 Å². The average Bonchev–Trinajstić information content (AvgIpc) is 3.62. The zero-order valence-electron chi connectivity index (χ0n) is 23.1. The van der Waals surface area contributed by atoms with Crippen molar-refractivity contribution >= 4 is 71.1 Å². The largest absolute Gasteiger partial charge is 0.365 e. The molecule has 0 unspecified atom stereocenters. The molecular weight excluding hydrogens is 585 g/mol. The lowest BCUT2D eigenvalue weighted by molar-refractivity contribution is 0.197. The molecule has 224 valence electrons. The highest BCUT2D eigenvalue weighted by atomic mass is 35.5. The molecule has 2 aliphatic carbocycles. The summed E-state index contributed by atoms with van der Waals surface area (Å²) in [5.74, 6) is 1.43. The first kappa shape index (κ1) is 31.4. The number of amides is 2. The van der Waals surface area contributed by atoms with Gasteiger partial charge in [0.2, 0.25) is 5.95 Å². The monoisotopic (exact) mass is 623 g/mol. The van der Waals surface area contributed by atoms with Crippen molar-refractivity contribution in [2.24, 2.45) is 5.73 Å². The van der Waals surface area contributed by atoms with Gasteiger partial charge in [-0.25, -0.2) is 9.78 Å². The van der Waals surface area contributed by atoms with Gasteiger partial charge in [-0.3, -0.25) is 0 Å². The van der Waals surface area contributed by atoms with Crippen molar-refractivity contribution in [3.63, 3.8) is 0 Å². The van der Waals surface area contributed by atoms with Gasteiger partial charge in [0.15, 0.2) is 17.0 Å². The van der Waals surface area contributed by atoms with Crippen LogP contribution in [0.25, 0.3) is 11.2 Å². The van der Waals surface area contributed by atoms with Crippen LogP contribution < -0.4 is 21.7 Å². The van der Waals surface area contributed by atoms with Crippen LogP contribution in [0, 0.1) is 0 Å². The number of piperidine rings is 1.